The van der Waals surface area contributed by atoms with Crippen LogP contribution in [0.3, 0.4) is 0 Å². The molecule has 0 aliphatic carbocycles. The van der Waals surface area contributed by atoms with Crippen LogP contribution in [0.4, 0.5) is 0 Å². The van der Waals surface area contributed by atoms with E-state index in [1.807, 2.05) is 24.3 Å². The minimum absolute atomic E-state index is 0.0994. The summed E-state index contributed by atoms with van der Waals surface area (Å²) in [6.07, 6.45) is 0.728. The molecule has 0 spiro atoms. The fraction of sp³-hybridized carbons (Fsp3) is 0.429. The van der Waals surface area contributed by atoms with Crippen molar-refractivity contribution >= 4 is 0 Å². The second-order valence-electron chi connectivity index (χ2n) is 4.64. The van der Waals surface area contributed by atoms with Crippen LogP contribution in [0.1, 0.15) is 5.89 Å². The number of ether oxygens (including phenoxy) is 2. The number of methoxy groups -OCH3 is 1. The van der Waals surface area contributed by atoms with Gasteiger partial charge < -0.3 is 19.3 Å². The molecule has 1 aromatic carbocycles. The summed E-state index contributed by atoms with van der Waals surface area (Å²) < 4.78 is 16.1. The van der Waals surface area contributed by atoms with E-state index in [-0.39, 0.29) is 6.10 Å². The second-order valence-corrected chi connectivity index (χ2v) is 4.64. The minimum atomic E-state index is 0.0994. The van der Waals surface area contributed by atoms with Gasteiger partial charge in [-0.2, -0.15) is 4.98 Å². The van der Waals surface area contributed by atoms with E-state index in [1.165, 1.54) is 0 Å². The molecule has 3 rings (SSSR count). The quantitative estimate of drug-likeness (QED) is 0.906. The molecule has 20 heavy (non-hydrogen) atoms. The molecule has 1 aliphatic rings. The van der Waals surface area contributed by atoms with E-state index in [1.54, 1.807) is 7.11 Å². The fourth-order valence-corrected chi connectivity index (χ4v) is 2.16. The van der Waals surface area contributed by atoms with Gasteiger partial charge >= 0.3 is 0 Å². The van der Waals surface area contributed by atoms with E-state index in [2.05, 4.69) is 15.5 Å². The van der Waals surface area contributed by atoms with Gasteiger partial charge in [-0.3, -0.25) is 0 Å². The molecule has 2 heterocycles. The Morgan fingerprint density at radius 1 is 1.45 bits per heavy atom. The standard InChI is InChI=1S/C14H17N3O3/c1-18-11-4-2-3-10(7-11)14-16-13(20-17-14)8-12-9-15-5-6-19-12/h2-4,7,12,15H,5-6,8-9H2,1H3. The summed E-state index contributed by atoms with van der Waals surface area (Å²) in [5, 5.41) is 7.29. The lowest BCUT2D eigenvalue weighted by atomic mass is 10.2. The first kappa shape index (κ1) is 13.1. The molecule has 1 saturated heterocycles. The van der Waals surface area contributed by atoms with E-state index in [9.17, 15) is 0 Å². The number of hydrogen-bond acceptors (Lipinski definition) is 6. The molecule has 0 radical (unpaired) electrons. The first-order valence-electron chi connectivity index (χ1n) is 6.64. The highest BCUT2D eigenvalue weighted by Crippen LogP contribution is 2.21. The van der Waals surface area contributed by atoms with E-state index >= 15 is 0 Å². The van der Waals surface area contributed by atoms with Crippen LogP contribution in [-0.2, 0) is 11.2 Å². The summed E-state index contributed by atoms with van der Waals surface area (Å²) in [5.41, 5.74) is 0.877. The summed E-state index contributed by atoms with van der Waals surface area (Å²) in [5.74, 6) is 1.94. The number of morpholine rings is 1. The molecular weight excluding hydrogens is 258 g/mol. The molecule has 0 saturated carbocycles. The van der Waals surface area contributed by atoms with E-state index < -0.39 is 0 Å². The van der Waals surface area contributed by atoms with Crippen molar-refractivity contribution in [1.29, 1.82) is 0 Å². The lowest BCUT2D eigenvalue weighted by Crippen LogP contribution is -2.39. The van der Waals surface area contributed by atoms with E-state index in [4.69, 9.17) is 14.0 Å². The summed E-state index contributed by atoms with van der Waals surface area (Å²) in [7, 11) is 1.63. The lowest BCUT2D eigenvalue weighted by molar-refractivity contribution is 0.0246. The van der Waals surface area contributed by atoms with Crippen LogP contribution in [0.15, 0.2) is 28.8 Å². The molecular formula is C14H17N3O3. The molecule has 1 aromatic heterocycles. The largest absolute Gasteiger partial charge is 0.497 e. The van der Waals surface area contributed by atoms with Crippen LogP contribution in [0.25, 0.3) is 11.4 Å². The maximum atomic E-state index is 5.62. The second kappa shape index (κ2) is 6.02. The van der Waals surface area contributed by atoms with Gasteiger partial charge in [0.1, 0.15) is 5.75 Å². The molecule has 6 nitrogen and oxygen atoms in total. The van der Waals surface area contributed by atoms with Crippen molar-refractivity contribution in [1.82, 2.24) is 15.5 Å². The summed E-state index contributed by atoms with van der Waals surface area (Å²) in [6, 6.07) is 7.59. The summed E-state index contributed by atoms with van der Waals surface area (Å²) in [6.45, 7) is 2.44. The van der Waals surface area contributed by atoms with Gasteiger partial charge in [0.2, 0.25) is 11.7 Å². The number of benzene rings is 1. The number of nitrogens with one attached hydrogen (secondary N) is 1. The molecule has 1 unspecified atom stereocenters. The highest BCUT2D eigenvalue weighted by molar-refractivity contribution is 5.56. The molecule has 1 aliphatic heterocycles. The highest BCUT2D eigenvalue weighted by Gasteiger charge is 2.18. The first-order valence-corrected chi connectivity index (χ1v) is 6.64. The summed E-state index contributed by atoms with van der Waals surface area (Å²) >= 11 is 0. The predicted octanol–water partition coefficient (Wildman–Crippen LogP) is 1.28. The predicted molar refractivity (Wildman–Crippen MR) is 72.6 cm³/mol. The molecule has 1 N–H and O–H groups in total. The Morgan fingerprint density at radius 2 is 2.40 bits per heavy atom. The lowest BCUT2D eigenvalue weighted by Gasteiger charge is -2.21. The molecule has 6 heteroatoms. The van der Waals surface area contributed by atoms with Crippen molar-refractivity contribution in [3.63, 3.8) is 0 Å². The van der Waals surface area contributed by atoms with Crippen molar-refractivity contribution in [2.24, 2.45) is 0 Å². The average Bonchev–Trinajstić information content (AvgIpc) is 2.97. The zero-order valence-electron chi connectivity index (χ0n) is 11.3. The van der Waals surface area contributed by atoms with Crippen molar-refractivity contribution in [2.45, 2.75) is 12.5 Å². The van der Waals surface area contributed by atoms with Crippen LogP contribution in [-0.4, -0.2) is 43.1 Å². The van der Waals surface area contributed by atoms with Crippen molar-refractivity contribution in [2.75, 3.05) is 26.8 Å². The Balaban J connectivity index is 1.72. The number of hydrogen-bond donors (Lipinski definition) is 1. The Hall–Kier alpha value is -1.92. The zero-order valence-corrected chi connectivity index (χ0v) is 11.3. The highest BCUT2D eigenvalue weighted by atomic mass is 16.5. The fourth-order valence-electron chi connectivity index (χ4n) is 2.16. The smallest absolute Gasteiger partial charge is 0.229 e. The van der Waals surface area contributed by atoms with Gasteiger partial charge in [0.05, 0.1) is 26.2 Å². The van der Waals surface area contributed by atoms with Crippen LogP contribution in [0, 0.1) is 0 Å². The van der Waals surface area contributed by atoms with E-state index in [0.717, 1.165) is 31.0 Å². The SMILES string of the molecule is COc1cccc(-c2noc(CC3CNCCO3)n2)c1. The van der Waals surface area contributed by atoms with Crippen molar-refractivity contribution in [3.8, 4) is 17.1 Å². The van der Waals surface area contributed by atoms with Gasteiger partial charge in [0.15, 0.2) is 0 Å². The maximum absolute atomic E-state index is 5.62. The van der Waals surface area contributed by atoms with Crippen LogP contribution >= 0.6 is 0 Å². The van der Waals surface area contributed by atoms with E-state index in [0.29, 0.717) is 18.1 Å². The topological polar surface area (TPSA) is 69.4 Å². The monoisotopic (exact) mass is 275 g/mol. The van der Waals surface area contributed by atoms with Crippen molar-refractivity contribution in [3.05, 3.63) is 30.2 Å². The normalized spacial score (nSPS) is 18.9. The van der Waals surface area contributed by atoms with Crippen molar-refractivity contribution < 1.29 is 14.0 Å². The number of nitrogens with zero attached hydrogens (tertiary/aromatic N) is 2. The van der Waals surface area contributed by atoms with Crippen LogP contribution in [0.5, 0.6) is 5.75 Å². The molecule has 1 fully saturated rings. The van der Waals surface area contributed by atoms with Crippen LogP contribution < -0.4 is 10.1 Å². The van der Waals surface area contributed by atoms with Gasteiger partial charge in [-0.1, -0.05) is 17.3 Å². The number of rotatable bonds is 4. The van der Waals surface area contributed by atoms with Gasteiger partial charge in [-0.25, -0.2) is 0 Å². The Labute approximate surface area is 117 Å². The third kappa shape index (κ3) is 2.97. The number of aromatic nitrogens is 2. The Bertz CT molecular complexity index is 564. The maximum Gasteiger partial charge on any atom is 0.229 e. The molecule has 2 aromatic rings. The summed E-state index contributed by atoms with van der Waals surface area (Å²) in [4.78, 5) is 4.41. The third-order valence-corrected chi connectivity index (χ3v) is 3.20. The Morgan fingerprint density at radius 3 is 3.20 bits per heavy atom. The Kier molecular flexibility index (Phi) is 3.94. The van der Waals surface area contributed by atoms with Gasteiger partial charge in [0, 0.05) is 18.7 Å². The van der Waals surface area contributed by atoms with Crippen LogP contribution in [0.2, 0.25) is 0 Å². The van der Waals surface area contributed by atoms with Gasteiger partial charge in [0.25, 0.3) is 0 Å². The molecule has 106 valence electrons. The molecule has 0 amide bonds. The van der Waals surface area contributed by atoms with Gasteiger partial charge in [-0.15, -0.1) is 0 Å². The molecule has 0 bridgehead atoms. The minimum Gasteiger partial charge on any atom is -0.497 e. The average molecular weight is 275 g/mol. The molecule has 1 atom stereocenters. The van der Waals surface area contributed by atoms with Gasteiger partial charge in [-0.05, 0) is 12.1 Å². The first-order chi connectivity index (χ1) is 9.85. The zero-order chi connectivity index (χ0) is 13.8. The third-order valence-electron chi connectivity index (χ3n) is 3.20.